The zero-order chi connectivity index (χ0) is 14.5. The van der Waals surface area contributed by atoms with Gasteiger partial charge in [0.15, 0.2) is 0 Å². The molecule has 2 saturated carbocycles. The number of likely N-dealkylation sites (tertiary alicyclic amines) is 1. The third-order valence-electron chi connectivity index (χ3n) is 6.69. The zero-order valence-electron chi connectivity index (χ0n) is 14.2. The summed E-state index contributed by atoms with van der Waals surface area (Å²) in [7, 11) is 0. The summed E-state index contributed by atoms with van der Waals surface area (Å²) >= 11 is 0. The van der Waals surface area contributed by atoms with Gasteiger partial charge in [-0.3, -0.25) is 4.90 Å². The largest absolute Gasteiger partial charge is 0.314 e. The summed E-state index contributed by atoms with van der Waals surface area (Å²) in [6, 6.07) is 1.46. The fraction of sp³-hybridized carbons (Fsp3) is 1.00. The van der Waals surface area contributed by atoms with Crippen molar-refractivity contribution in [2.24, 2.45) is 22.7 Å². The predicted molar refractivity (Wildman–Crippen MR) is 85.8 cm³/mol. The Bertz CT molecular complexity index is 358. The van der Waals surface area contributed by atoms with Gasteiger partial charge in [0.05, 0.1) is 0 Å². The topological polar surface area (TPSA) is 15.3 Å². The van der Waals surface area contributed by atoms with Gasteiger partial charge in [-0.25, -0.2) is 0 Å². The van der Waals surface area contributed by atoms with Gasteiger partial charge in [-0.15, -0.1) is 0 Å². The summed E-state index contributed by atoms with van der Waals surface area (Å²) in [6.07, 6.45) is 5.83. The number of hydrogen-bond acceptors (Lipinski definition) is 2. The SMILES string of the molecule is CC(C)NCC1CCN(C2C3(C)CCC(C3)C2(C)C)C1. The Labute approximate surface area is 125 Å². The first kappa shape index (κ1) is 14.8. The van der Waals surface area contributed by atoms with E-state index >= 15 is 0 Å². The molecular weight excluding hydrogens is 244 g/mol. The first-order valence-corrected chi connectivity index (χ1v) is 8.80. The molecule has 0 aromatic rings. The first-order chi connectivity index (χ1) is 9.33. The van der Waals surface area contributed by atoms with Gasteiger partial charge in [-0.2, -0.15) is 0 Å². The van der Waals surface area contributed by atoms with Gasteiger partial charge >= 0.3 is 0 Å². The Kier molecular flexibility index (Phi) is 3.70. The smallest absolute Gasteiger partial charge is 0.0203 e. The molecule has 0 spiro atoms. The molecule has 1 heterocycles. The van der Waals surface area contributed by atoms with Crippen molar-refractivity contribution in [1.29, 1.82) is 0 Å². The highest BCUT2D eigenvalue weighted by Gasteiger charge is 2.61. The Morgan fingerprint density at radius 3 is 2.55 bits per heavy atom. The molecule has 2 heteroatoms. The molecule has 1 saturated heterocycles. The summed E-state index contributed by atoms with van der Waals surface area (Å²) < 4.78 is 0. The minimum Gasteiger partial charge on any atom is -0.314 e. The van der Waals surface area contributed by atoms with Gasteiger partial charge in [0.1, 0.15) is 0 Å². The van der Waals surface area contributed by atoms with Crippen LogP contribution in [0.25, 0.3) is 0 Å². The van der Waals surface area contributed by atoms with Crippen LogP contribution in [0.1, 0.15) is 60.3 Å². The van der Waals surface area contributed by atoms with E-state index in [0.29, 0.717) is 16.9 Å². The molecule has 4 unspecified atom stereocenters. The summed E-state index contributed by atoms with van der Waals surface area (Å²) in [5, 5.41) is 3.64. The normalized spacial score (nSPS) is 43.8. The van der Waals surface area contributed by atoms with Crippen molar-refractivity contribution in [2.45, 2.75) is 72.4 Å². The number of rotatable bonds is 4. The van der Waals surface area contributed by atoms with E-state index in [1.54, 1.807) is 0 Å². The average Bonchev–Trinajstić information content (AvgIpc) is 2.98. The van der Waals surface area contributed by atoms with Crippen molar-refractivity contribution >= 4 is 0 Å². The van der Waals surface area contributed by atoms with Gasteiger partial charge in [0, 0.05) is 18.6 Å². The highest BCUT2D eigenvalue weighted by Crippen LogP contribution is 2.64. The lowest BCUT2D eigenvalue weighted by molar-refractivity contribution is 0.0158. The Balaban J connectivity index is 1.65. The molecule has 4 atom stereocenters. The third-order valence-corrected chi connectivity index (χ3v) is 6.69. The van der Waals surface area contributed by atoms with Crippen molar-refractivity contribution in [1.82, 2.24) is 10.2 Å². The number of nitrogens with one attached hydrogen (secondary N) is 1. The van der Waals surface area contributed by atoms with Crippen LogP contribution in [-0.4, -0.2) is 36.6 Å². The van der Waals surface area contributed by atoms with E-state index in [9.17, 15) is 0 Å². The Morgan fingerprint density at radius 2 is 1.95 bits per heavy atom. The van der Waals surface area contributed by atoms with E-state index in [0.717, 1.165) is 17.9 Å². The lowest BCUT2D eigenvalue weighted by atomic mass is 9.68. The van der Waals surface area contributed by atoms with Gasteiger partial charge in [-0.1, -0.05) is 34.6 Å². The Hall–Kier alpha value is -0.0800. The molecule has 0 aromatic carbocycles. The third kappa shape index (κ3) is 2.33. The van der Waals surface area contributed by atoms with Gasteiger partial charge in [0.2, 0.25) is 0 Å². The minimum absolute atomic E-state index is 0.535. The molecule has 2 nitrogen and oxygen atoms in total. The first-order valence-electron chi connectivity index (χ1n) is 8.80. The average molecular weight is 278 g/mol. The van der Waals surface area contributed by atoms with Crippen LogP contribution in [0.5, 0.6) is 0 Å². The van der Waals surface area contributed by atoms with E-state index < -0.39 is 0 Å². The monoisotopic (exact) mass is 278 g/mol. The highest BCUT2D eigenvalue weighted by atomic mass is 15.2. The van der Waals surface area contributed by atoms with E-state index in [1.807, 2.05) is 0 Å². The molecule has 0 radical (unpaired) electrons. The molecular formula is C18H34N2. The number of nitrogens with zero attached hydrogens (tertiary/aromatic N) is 1. The molecule has 3 rings (SSSR count). The van der Waals surface area contributed by atoms with Crippen LogP contribution in [0.2, 0.25) is 0 Å². The van der Waals surface area contributed by atoms with Crippen molar-refractivity contribution in [3.63, 3.8) is 0 Å². The molecule has 3 aliphatic rings. The fourth-order valence-electron chi connectivity index (χ4n) is 5.85. The summed E-state index contributed by atoms with van der Waals surface area (Å²) in [4.78, 5) is 2.87. The maximum atomic E-state index is 3.64. The van der Waals surface area contributed by atoms with Crippen LogP contribution in [0.4, 0.5) is 0 Å². The lowest BCUT2D eigenvalue weighted by Gasteiger charge is -2.48. The summed E-state index contributed by atoms with van der Waals surface area (Å²) in [5.41, 5.74) is 1.14. The molecule has 0 aromatic heterocycles. The van der Waals surface area contributed by atoms with Crippen LogP contribution >= 0.6 is 0 Å². The van der Waals surface area contributed by atoms with Gasteiger partial charge < -0.3 is 5.32 Å². The van der Waals surface area contributed by atoms with Crippen LogP contribution in [0, 0.1) is 22.7 Å². The molecule has 0 amide bonds. The summed E-state index contributed by atoms with van der Waals surface area (Å²) in [5.74, 6) is 1.85. The lowest BCUT2D eigenvalue weighted by Crippen LogP contribution is -2.51. The zero-order valence-corrected chi connectivity index (χ0v) is 14.2. The second-order valence-electron chi connectivity index (χ2n) is 9.03. The van der Waals surface area contributed by atoms with Crippen LogP contribution in [0.3, 0.4) is 0 Å². The van der Waals surface area contributed by atoms with Crippen molar-refractivity contribution < 1.29 is 0 Å². The maximum Gasteiger partial charge on any atom is 0.0203 e. The van der Waals surface area contributed by atoms with Crippen molar-refractivity contribution in [3.8, 4) is 0 Å². The second-order valence-corrected chi connectivity index (χ2v) is 9.03. The van der Waals surface area contributed by atoms with E-state index in [-0.39, 0.29) is 0 Å². The maximum absolute atomic E-state index is 3.64. The van der Waals surface area contributed by atoms with E-state index in [2.05, 4.69) is 44.8 Å². The Morgan fingerprint density at radius 1 is 1.20 bits per heavy atom. The molecule has 2 aliphatic carbocycles. The number of hydrogen-bond donors (Lipinski definition) is 1. The predicted octanol–water partition coefficient (Wildman–Crippen LogP) is 3.52. The molecule has 116 valence electrons. The molecule has 3 fully saturated rings. The molecule has 1 N–H and O–H groups in total. The van der Waals surface area contributed by atoms with Crippen molar-refractivity contribution in [2.75, 3.05) is 19.6 Å². The van der Waals surface area contributed by atoms with E-state index in [4.69, 9.17) is 0 Å². The van der Waals surface area contributed by atoms with Crippen LogP contribution < -0.4 is 5.32 Å². The summed E-state index contributed by atoms with van der Waals surface area (Å²) in [6.45, 7) is 16.1. The minimum atomic E-state index is 0.535. The fourth-order valence-corrected chi connectivity index (χ4v) is 5.85. The van der Waals surface area contributed by atoms with E-state index in [1.165, 1.54) is 45.3 Å². The van der Waals surface area contributed by atoms with Gasteiger partial charge in [0.25, 0.3) is 0 Å². The van der Waals surface area contributed by atoms with Crippen LogP contribution in [0.15, 0.2) is 0 Å². The standard InChI is InChI=1S/C18H34N2/c1-13(2)19-11-14-7-9-20(12-14)16-17(3,4)15-6-8-18(16,5)10-15/h13-16,19H,6-12H2,1-5H3. The van der Waals surface area contributed by atoms with Crippen LogP contribution in [-0.2, 0) is 0 Å². The molecule has 20 heavy (non-hydrogen) atoms. The molecule has 1 aliphatic heterocycles. The highest BCUT2D eigenvalue weighted by molar-refractivity contribution is 5.13. The second kappa shape index (κ2) is 4.98. The quantitative estimate of drug-likeness (QED) is 0.846. The van der Waals surface area contributed by atoms with Gasteiger partial charge in [-0.05, 0) is 61.4 Å². The number of fused-ring (bicyclic) bond motifs is 2. The van der Waals surface area contributed by atoms with Crippen molar-refractivity contribution in [3.05, 3.63) is 0 Å². The molecule has 2 bridgehead atoms.